The van der Waals surface area contributed by atoms with Crippen LogP contribution in [-0.2, 0) is 31.5 Å². The third-order valence-electron chi connectivity index (χ3n) is 5.19. The first-order valence-corrected chi connectivity index (χ1v) is 9.44. The van der Waals surface area contributed by atoms with E-state index in [4.69, 9.17) is 0 Å². The molecule has 1 amide bonds. The van der Waals surface area contributed by atoms with E-state index in [0.29, 0.717) is 24.5 Å². The van der Waals surface area contributed by atoms with Crippen molar-refractivity contribution in [3.05, 3.63) is 52.9 Å². The quantitative estimate of drug-likeness (QED) is 0.724. The summed E-state index contributed by atoms with van der Waals surface area (Å²) in [6.07, 6.45) is 1.63. The van der Waals surface area contributed by atoms with Gasteiger partial charge in [0.05, 0.1) is 29.3 Å². The van der Waals surface area contributed by atoms with Crippen LogP contribution in [0.15, 0.2) is 24.4 Å². The van der Waals surface area contributed by atoms with Gasteiger partial charge in [0.1, 0.15) is 12.6 Å². The second-order valence-corrected chi connectivity index (χ2v) is 7.32. The predicted molar refractivity (Wildman–Crippen MR) is 101 cm³/mol. The van der Waals surface area contributed by atoms with Crippen molar-refractivity contribution in [1.29, 1.82) is 0 Å². The Bertz CT molecular complexity index is 1000. The monoisotopic (exact) mass is 383 g/mol. The molecule has 0 saturated carbocycles. The van der Waals surface area contributed by atoms with Crippen LogP contribution < -0.4 is 0 Å². The fourth-order valence-corrected chi connectivity index (χ4v) is 3.70. The number of aliphatic hydroxyl groups excluding tert-OH is 1. The molecule has 1 atom stereocenters. The highest BCUT2D eigenvalue weighted by Crippen LogP contribution is 2.23. The Labute approximate surface area is 163 Å². The summed E-state index contributed by atoms with van der Waals surface area (Å²) in [5.41, 5.74) is 4.08. The van der Waals surface area contributed by atoms with Gasteiger partial charge in [-0.1, -0.05) is 0 Å². The van der Waals surface area contributed by atoms with E-state index in [2.05, 4.69) is 15.3 Å². The largest absolute Gasteiger partial charge is 0.380 e. The number of aryl methyl sites for hydroxylation is 4. The third kappa shape index (κ3) is 3.45. The van der Waals surface area contributed by atoms with Gasteiger partial charge >= 0.3 is 0 Å². The number of aliphatic hydroxyl groups is 1. The van der Waals surface area contributed by atoms with Crippen molar-refractivity contribution in [3.8, 4) is 0 Å². The highest BCUT2D eigenvalue weighted by molar-refractivity contribution is 5.76. The first-order valence-electron chi connectivity index (χ1n) is 9.44. The lowest BCUT2D eigenvalue weighted by Gasteiger charge is -2.20. The van der Waals surface area contributed by atoms with E-state index in [9.17, 15) is 9.90 Å². The Balaban J connectivity index is 1.52. The summed E-state index contributed by atoms with van der Waals surface area (Å²) < 4.78 is 5.28. The highest BCUT2D eigenvalue weighted by Gasteiger charge is 2.24. The molecule has 1 N–H and O–H groups in total. The first kappa shape index (κ1) is 18.4. The molecular weight excluding hydrogens is 358 g/mol. The lowest BCUT2D eigenvalue weighted by Crippen LogP contribution is -2.34. The number of amides is 1. The zero-order chi connectivity index (χ0) is 19.8. The molecule has 0 fully saturated rings. The van der Waals surface area contributed by atoms with Crippen molar-refractivity contribution in [3.63, 3.8) is 0 Å². The topological polar surface area (TPSA) is 94.0 Å². The average Bonchev–Trinajstić information content (AvgIpc) is 3.30. The van der Waals surface area contributed by atoms with Gasteiger partial charge in [0.2, 0.25) is 5.91 Å². The molecule has 0 unspecified atom stereocenters. The number of carbonyl (C=O) groups excluding carboxylic acids is 1. The van der Waals surface area contributed by atoms with E-state index in [-0.39, 0.29) is 12.5 Å². The van der Waals surface area contributed by atoms with Gasteiger partial charge in [-0.05, 0) is 38.5 Å². The molecule has 4 heterocycles. The van der Waals surface area contributed by atoms with E-state index in [1.807, 2.05) is 35.6 Å². The second-order valence-electron chi connectivity index (χ2n) is 7.32. The molecule has 4 rings (SSSR count). The number of hydrogen-bond donors (Lipinski definition) is 1. The Hall–Kier alpha value is -2.94. The van der Waals surface area contributed by atoms with Crippen LogP contribution in [0.25, 0.3) is 0 Å². The standard InChI is InChI=1S/C19H25N7O2/c1-13-9-14(2)26(21-13)12-18(27)24-7-4-8-25-15(11-24)10-16(22-25)19(28)17-5-6-20-23(17)3/h5-6,9-10,19,28H,4,7-8,11-12H2,1-3H3/t19-/m1/s1. The van der Waals surface area contributed by atoms with Crippen molar-refractivity contribution >= 4 is 5.91 Å². The summed E-state index contributed by atoms with van der Waals surface area (Å²) in [6, 6.07) is 5.63. The summed E-state index contributed by atoms with van der Waals surface area (Å²) in [7, 11) is 1.79. The number of hydrogen-bond acceptors (Lipinski definition) is 5. The number of carbonyl (C=O) groups is 1. The van der Waals surface area contributed by atoms with Gasteiger partial charge < -0.3 is 10.0 Å². The predicted octanol–water partition coefficient (Wildman–Crippen LogP) is 0.944. The fraction of sp³-hybridized carbons (Fsp3) is 0.474. The SMILES string of the molecule is Cc1cc(C)n(CC(=O)N2CCCn3nc([C@@H](O)c4ccnn4C)cc3C2)n1. The molecule has 28 heavy (non-hydrogen) atoms. The van der Waals surface area contributed by atoms with Gasteiger partial charge in [-0.3, -0.25) is 18.8 Å². The van der Waals surface area contributed by atoms with Gasteiger partial charge in [0, 0.05) is 32.0 Å². The molecule has 0 saturated heterocycles. The lowest BCUT2D eigenvalue weighted by molar-refractivity contribution is -0.132. The summed E-state index contributed by atoms with van der Waals surface area (Å²) in [5, 5.41) is 23.7. The minimum Gasteiger partial charge on any atom is -0.380 e. The molecule has 1 aliphatic heterocycles. The van der Waals surface area contributed by atoms with Crippen LogP contribution in [0, 0.1) is 13.8 Å². The van der Waals surface area contributed by atoms with Crippen LogP contribution in [0.4, 0.5) is 0 Å². The van der Waals surface area contributed by atoms with Crippen molar-refractivity contribution in [2.45, 2.75) is 46.0 Å². The van der Waals surface area contributed by atoms with Crippen molar-refractivity contribution in [1.82, 2.24) is 34.2 Å². The fourth-order valence-electron chi connectivity index (χ4n) is 3.70. The molecule has 0 bridgehead atoms. The van der Waals surface area contributed by atoms with E-state index in [1.54, 1.807) is 28.7 Å². The van der Waals surface area contributed by atoms with Gasteiger partial charge in [-0.15, -0.1) is 0 Å². The minimum absolute atomic E-state index is 0.0367. The minimum atomic E-state index is -0.842. The summed E-state index contributed by atoms with van der Waals surface area (Å²) in [6.45, 7) is 5.99. The molecule has 0 radical (unpaired) electrons. The molecular formula is C19H25N7O2. The Morgan fingerprint density at radius 2 is 2.07 bits per heavy atom. The van der Waals surface area contributed by atoms with Crippen molar-refractivity contribution in [2.75, 3.05) is 6.54 Å². The molecule has 9 heteroatoms. The summed E-state index contributed by atoms with van der Waals surface area (Å²) in [5.74, 6) is 0.0367. The highest BCUT2D eigenvalue weighted by atomic mass is 16.3. The Morgan fingerprint density at radius 3 is 2.75 bits per heavy atom. The summed E-state index contributed by atoms with van der Waals surface area (Å²) >= 11 is 0. The van der Waals surface area contributed by atoms with Crippen LogP contribution in [0.5, 0.6) is 0 Å². The van der Waals surface area contributed by atoms with Crippen molar-refractivity contribution in [2.24, 2.45) is 7.05 Å². The van der Waals surface area contributed by atoms with Crippen LogP contribution in [0.3, 0.4) is 0 Å². The molecule has 9 nitrogen and oxygen atoms in total. The number of rotatable bonds is 4. The second kappa shape index (κ2) is 7.23. The van der Waals surface area contributed by atoms with Crippen LogP contribution >= 0.6 is 0 Å². The van der Waals surface area contributed by atoms with Gasteiger partial charge in [0.15, 0.2) is 0 Å². The van der Waals surface area contributed by atoms with Crippen LogP contribution in [-0.4, -0.2) is 51.8 Å². The van der Waals surface area contributed by atoms with E-state index in [0.717, 1.165) is 30.0 Å². The zero-order valence-corrected chi connectivity index (χ0v) is 16.4. The lowest BCUT2D eigenvalue weighted by atomic mass is 10.2. The first-order chi connectivity index (χ1) is 13.4. The molecule has 3 aromatic rings. The number of aromatic nitrogens is 6. The Morgan fingerprint density at radius 1 is 1.25 bits per heavy atom. The maximum absolute atomic E-state index is 12.8. The zero-order valence-electron chi connectivity index (χ0n) is 16.4. The smallest absolute Gasteiger partial charge is 0.244 e. The van der Waals surface area contributed by atoms with E-state index < -0.39 is 6.10 Å². The van der Waals surface area contributed by atoms with Crippen LogP contribution in [0.1, 0.15) is 41.0 Å². The normalized spacial score (nSPS) is 15.4. The maximum Gasteiger partial charge on any atom is 0.244 e. The molecule has 3 aromatic heterocycles. The van der Waals surface area contributed by atoms with Crippen molar-refractivity contribution < 1.29 is 9.90 Å². The Kier molecular flexibility index (Phi) is 4.76. The van der Waals surface area contributed by atoms with Gasteiger partial charge in [-0.2, -0.15) is 15.3 Å². The number of nitrogens with zero attached hydrogens (tertiary/aromatic N) is 7. The van der Waals surface area contributed by atoms with Gasteiger partial charge in [0.25, 0.3) is 0 Å². The molecule has 148 valence electrons. The molecule has 0 spiro atoms. The van der Waals surface area contributed by atoms with E-state index in [1.165, 1.54) is 0 Å². The third-order valence-corrected chi connectivity index (χ3v) is 5.19. The van der Waals surface area contributed by atoms with Gasteiger partial charge in [-0.25, -0.2) is 0 Å². The summed E-state index contributed by atoms with van der Waals surface area (Å²) in [4.78, 5) is 14.7. The van der Waals surface area contributed by atoms with E-state index >= 15 is 0 Å². The molecule has 0 aliphatic carbocycles. The molecule has 1 aliphatic rings. The average molecular weight is 383 g/mol. The maximum atomic E-state index is 12.8. The van der Waals surface area contributed by atoms with Crippen LogP contribution in [0.2, 0.25) is 0 Å². The number of fused-ring (bicyclic) bond motifs is 1. The molecule has 0 aromatic carbocycles.